The minimum absolute atomic E-state index is 0.0121. The summed E-state index contributed by atoms with van der Waals surface area (Å²) in [7, 11) is 4.62. The Bertz CT molecular complexity index is 1360. The topological polar surface area (TPSA) is 94.5 Å². The number of nitrogens with zero attached hydrogens (tertiary/aromatic N) is 1. The molecule has 0 unspecified atom stereocenters. The van der Waals surface area contributed by atoms with Gasteiger partial charge in [-0.15, -0.1) is 0 Å². The van der Waals surface area contributed by atoms with E-state index < -0.39 is 17.7 Å². The van der Waals surface area contributed by atoms with Crippen LogP contribution in [0.1, 0.15) is 34.7 Å². The molecule has 0 radical (unpaired) electrons. The molecule has 1 heterocycles. The van der Waals surface area contributed by atoms with Crippen LogP contribution in [-0.2, 0) is 20.9 Å². The van der Waals surface area contributed by atoms with Crippen LogP contribution >= 0.6 is 0 Å². The van der Waals surface area contributed by atoms with E-state index in [0.29, 0.717) is 48.0 Å². The van der Waals surface area contributed by atoms with Gasteiger partial charge in [-0.3, -0.25) is 9.59 Å². The molecule has 1 N–H and O–H groups in total. The Labute approximate surface area is 228 Å². The summed E-state index contributed by atoms with van der Waals surface area (Å²) in [6, 6.07) is 19.2. The molecule has 204 valence electrons. The number of aryl methyl sites for hydroxylation is 1. The van der Waals surface area contributed by atoms with E-state index in [0.717, 1.165) is 11.1 Å². The van der Waals surface area contributed by atoms with E-state index in [2.05, 4.69) is 6.07 Å². The van der Waals surface area contributed by atoms with Gasteiger partial charge in [0.2, 0.25) is 0 Å². The molecule has 0 aromatic heterocycles. The van der Waals surface area contributed by atoms with Crippen molar-refractivity contribution in [2.24, 2.45) is 0 Å². The van der Waals surface area contributed by atoms with Crippen molar-refractivity contribution in [3.63, 3.8) is 0 Å². The second kappa shape index (κ2) is 12.5. The molecule has 1 atom stereocenters. The summed E-state index contributed by atoms with van der Waals surface area (Å²) in [5.74, 6) is -0.0985. The monoisotopic (exact) mass is 531 g/mol. The molecule has 0 spiro atoms. The van der Waals surface area contributed by atoms with E-state index in [-0.39, 0.29) is 17.9 Å². The van der Waals surface area contributed by atoms with E-state index in [9.17, 15) is 14.7 Å². The Morgan fingerprint density at radius 3 is 2.33 bits per heavy atom. The number of hydrogen-bond acceptors (Lipinski definition) is 7. The lowest BCUT2D eigenvalue weighted by Crippen LogP contribution is -2.31. The van der Waals surface area contributed by atoms with Crippen LogP contribution in [0.4, 0.5) is 0 Å². The molecular weight excluding hydrogens is 498 g/mol. The lowest BCUT2D eigenvalue weighted by Gasteiger charge is -2.26. The van der Waals surface area contributed by atoms with Gasteiger partial charge in [0.05, 0.1) is 25.8 Å². The fraction of sp³-hybridized carbons (Fsp3) is 0.290. The summed E-state index contributed by atoms with van der Waals surface area (Å²) in [6.07, 6.45) is 0.528. The van der Waals surface area contributed by atoms with E-state index in [1.54, 1.807) is 49.6 Å². The minimum atomic E-state index is -0.807. The maximum absolute atomic E-state index is 13.3. The van der Waals surface area contributed by atoms with Crippen LogP contribution in [0.5, 0.6) is 17.2 Å². The molecule has 8 nitrogen and oxygen atoms in total. The quantitative estimate of drug-likeness (QED) is 0.160. The smallest absolute Gasteiger partial charge is 0.295 e. The van der Waals surface area contributed by atoms with E-state index in [4.69, 9.17) is 18.9 Å². The normalized spacial score (nSPS) is 16.4. The number of aliphatic hydroxyl groups excluding tert-OH is 1. The average Bonchev–Trinajstić information content (AvgIpc) is 3.21. The maximum Gasteiger partial charge on any atom is 0.295 e. The van der Waals surface area contributed by atoms with Crippen molar-refractivity contribution < 1.29 is 33.6 Å². The number of benzene rings is 3. The predicted octanol–water partition coefficient (Wildman–Crippen LogP) is 5.05. The number of methoxy groups -OCH3 is 3. The van der Waals surface area contributed by atoms with Gasteiger partial charge in [-0.2, -0.15) is 0 Å². The highest BCUT2D eigenvalue weighted by Gasteiger charge is 2.46. The van der Waals surface area contributed by atoms with E-state index in [1.165, 1.54) is 19.1 Å². The summed E-state index contributed by atoms with van der Waals surface area (Å²) >= 11 is 0. The molecule has 3 aromatic rings. The molecular formula is C31H33NO7. The number of carbonyl (C=O) groups is 2. The first-order valence-corrected chi connectivity index (χ1v) is 12.7. The predicted molar refractivity (Wildman–Crippen MR) is 147 cm³/mol. The second-order valence-electron chi connectivity index (χ2n) is 9.26. The van der Waals surface area contributed by atoms with Gasteiger partial charge in [0.15, 0.2) is 11.5 Å². The third-order valence-electron chi connectivity index (χ3n) is 6.63. The number of rotatable bonds is 11. The van der Waals surface area contributed by atoms with Crippen molar-refractivity contribution in [3.05, 3.63) is 94.6 Å². The molecule has 1 fully saturated rings. The summed E-state index contributed by atoms with van der Waals surface area (Å²) in [5.41, 5.74) is 3.23. The third kappa shape index (κ3) is 6.07. The zero-order valence-electron chi connectivity index (χ0n) is 22.6. The van der Waals surface area contributed by atoms with Gasteiger partial charge < -0.3 is 29.0 Å². The van der Waals surface area contributed by atoms with Crippen molar-refractivity contribution >= 4 is 17.4 Å². The zero-order chi connectivity index (χ0) is 27.9. The molecule has 1 saturated heterocycles. The van der Waals surface area contributed by atoms with Crippen molar-refractivity contribution in [3.8, 4) is 17.2 Å². The van der Waals surface area contributed by atoms with Crippen molar-refractivity contribution in [2.75, 3.05) is 34.5 Å². The molecule has 1 aliphatic heterocycles. The van der Waals surface area contributed by atoms with Gasteiger partial charge in [0.25, 0.3) is 11.7 Å². The number of amides is 1. The lowest BCUT2D eigenvalue weighted by molar-refractivity contribution is -0.140. The van der Waals surface area contributed by atoms with Gasteiger partial charge in [-0.1, -0.05) is 35.9 Å². The Morgan fingerprint density at radius 2 is 1.67 bits per heavy atom. The van der Waals surface area contributed by atoms with Crippen molar-refractivity contribution in [2.45, 2.75) is 26.0 Å². The molecule has 8 heteroatoms. The average molecular weight is 532 g/mol. The number of Topliss-reactive ketones (excluding diaryl/α,β-unsaturated/α-hetero) is 1. The van der Waals surface area contributed by atoms with Crippen LogP contribution in [0.15, 0.2) is 72.3 Å². The molecule has 0 aliphatic carbocycles. The number of carbonyl (C=O) groups excluding carboxylic acids is 2. The summed E-state index contributed by atoms with van der Waals surface area (Å²) in [6.45, 7) is 3.13. The minimum Gasteiger partial charge on any atom is -0.507 e. The first-order chi connectivity index (χ1) is 18.9. The van der Waals surface area contributed by atoms with Gasteiger partial charge in [0, 0.05) is 25.8 Å². The zero-order valence-corrected chi connectivity index (χ0v) is 22.6. The van der Waals surface area contributed by atoms with Gasteiger partial charge in [0.1, 0.15) is 18.1 Å². The molecule has 1 aliphatic rings. The van der Waals surface area contributed by atoms with Crippen LogP contribution in [0.25, 0.3) is 5.76 Å². The highest BCUT2D eigenvalue weighted by Crippen LogP contribution is 2.42. The number of likely N-dealkylation sites (tertiary alicyclic amines) is 1. The molecule has 3 aromatic carbocycles. The van der Waals surface area contributed by atoms with Crippen LogP contribution < -0.4 is 14.2 Å². The SMILES string of the molecule is COCCCN1C(=O)C(=O)C(=C(O)c2ccc(OCc3cccc(C)c3)cc2)[C@@H]1c1ccc(OC)c(OC)c1. The summed E-state index contributed by atoms with van der Waals surface area (Å²) in [4.78, 5) is 27.8. The van der Waals surface area contributed by atoms with Crippen LogP contribution in [0.2, 0.25) is 0 Å². The molecule has 39 heavy (non-hydrogen) atoms. The second-order valence-corrected chi connectivity index (χ2v) is 9.26. The fourth-order valence-electron chi connectivity index (χ4n) is 4.69. The summed E-state index contributed by atoms with van der Waals surface area (Å²) in [5, 5.41) is 11.3. The van der Waals surface area contributed by atoms with E-state index in [1.807, 2.05) is 25.1 Å². The van der Waals surface area contributed by atoms with Crippen LogP contribution in [-0.4, -0.2) is 56.2 Å². The lowest BCUT2D eigenvalue weighted by atomic mass is 9.95. The standard InChI is InChI=1S/C31H33NO7/c1-20-7-5-8-21(17-20)19-39-24-12-9-22(10-13-24)29(33)27-28(23-11-14-25(37-3)26(18-23)38-4)32(15-6-16-36-2)31(35)30(27)34/h5,7-14,17-18,28,33H,6,15-16,19H2,1-4H3/t28-/m0/s1. The molecule has 0 saturated carbocycles. The van der Waals surface area contributed by atoms with Crippen LogP contribution in [0.3, 0.4) is 0 Å². The van der Waals surface area contributed by atoms with Gasteiger partial charge >= 0.3 is 0 Å². The summed E-state index contributed by atoms with van der Waals surface area (Å²) < 4.78 is 21.8. The Kier molecular flexibility index (Phi) is 8.88. The van der Waals surface area contributed by atoms with Gasteiger partial charge in [-0.25, -0.2) is 0 Å². The Hall–Kier alpha value is -4.30. The first-order valence-electron chi connectivity index (χ1n) is 12.7. The first kappa shape index (κ1) is 27.7. The third-order valence-corrected chi connectivity index (χ3v) is 6.63. The number of ether oxygens (including phenoxy) is 4. The van der Waals surface area contributed by atoms with Crippen molar-refractivity contribution in [1.29, 1.82) is 0 Å². The Balaban J connectivity index is 1.67. The highest BCUT2D eigenvalue weighted by molar-refractivity contribution is 6.46. The van der Waals surface area contributed by atoms with Crippen LogP contribution in [0, 0.1) is 6.92 Å². The number of ketones is 1. The molecule has 1 amide bonds. The molecule has 0 bridgehead atoms. The van der Waals surface area contributed by atoms with Gasteiger partial charge in [-0.05, 0) is 60.9 Å². The van der Waals surface area contributed by atoms with E-state index >= 15 is 0 Å². The number of hydrogen-bond donors (Lipinski definition) is 1. The highest BCUT2D eigenvalue weighted by atomic mass is 16.5. The maximum atomic E-state index is 13.3. The largest absolute Gasteiger partial charge is 0.507 e. The fourth-order valence-corrected chi connectivity index (χ4v) is 4.69. The molecule has 4 rings (SSSR count). The van der Waals surface area contributed by atoms with Crippen molar-refractivity contribution in [1.82, 2.24) is 4.90 Å². The number of aliphatic hydroxyl groups is 1. The Morgan fingerprint density at radius 1 is 0.923 bits per heavy atom.